The Hall–Kier alpha value is -0.800. The fourth-order valence-electron chi connectivity index (χ4n) is 2.03. The van der Waals surface area contributed by atoms with E-state index in [0.717, 1.165) is 31.3 Å². The molecule has 0 radical (unpaired) electrons. The van der Waals surface area contributed by atoms with Crippen LogP contribution < -0.4 is 5.32 Å². The van der Waals surface area contributed by atoms with Crippen LogP contribution in [0.5, 0.6) is 0 Å². The van der Waals surface area contributed by atoms with Gasteiger partial charge < -0.3 is 14.5 Å². The van der Waals surface area contributed by atoms with Gasteiger partial charge in [-0.1, -0.05) is 12.8 Å². The normalized spacial score (nSPS) is 17.2. The van der Waals surface area contributed by atoms with Crippen LogP contribution in [0.1, 0.15) is 38.4 Å². The van der Waals surface area contributed by atoms with Gasteiger partial charge in [-0.05, 0) is 44.4 Å². The Morgan fingerprint density at radius 2 is 2.41 bits per heavy atom. The zero-order valence-corrected chi connectivity index (χ0v) is 10.7. The molecule has 1 heterocycles. The van der Waals surface area contributed by atoms with Crippen LogP contribution in [-0.4, -0.2) is 19.2 Å². The summed E-state index contributed by atoms with van der Waals surface area (Å²) in [5.41, 5.74) is 0. The maximum atomic E-state index is 5.52. The molecule has 0 saturated heterocycles. The Bertz CT molecular complexity index is 293. The first-order valence-electron chi connectivity index (χ1n) is 6.68. The highest BCUT2D eigenvalue weighted by Crippen LogP contribution is 2.33. The second-order valence-electron chi connectivity index (χ2n) is 5.02. The molecule has 96 valence electrons. The monoisotopic (exact) mass is 237 g/mol. The molecule has 0 bridgehead atoms. The Labute approximate surface area is 104 Å². The van der Waals surface area contributed by atoms with Crippen LogP contribution in [0.15, 0.2) is 22.8 Å². The van der Waals surface area contributed by atoms with E-state index < -0.39 is 0 Å². The van der Waals surface area contributed by atoms with Gasteiger partial charge >= 0.3 is 0 Å². The number of rotatable bonds is 9. The minimum Gasteiger partial charge on any atom is -0.467 e. The molecule has 1 aliphatic rings. The van der Waals surface area contributed by atoms with Crippen molar-refractivity contribution in [2.24, 2.45) is 5.92 Å². The number of hydrogen-bond acceptors (Lipinski definition) is 3. The third-order valence-corrected chi connectivity index (χ3v) is 3.17. The van der Waals surface area contributed by atoms with E-state index in [1.165, 1.54) is 19.3 Å². The lowest BCUT2D eigenvalue weighted by molar-refractivity contribution is 0.103. The van der Waals surface area contributed by atoms with E-state index in [1.54, 1.807) is 6.26 Å². The molecule has 1 saturated carbocycles. The molecule has 1 aromatic heterocycles. The Morgan fingerprint density at radius 3 is 3.12 bits per heavy atom. The maximum absolute atomic E-state index is 5.52. The third-order valence-electron chi connectivity index (χ3n) is 3.17. The molecular formula is C14H23NO2. The van der Waals surface area contributed by atoms with Crippen molar-refractivity contribution in [1.82, 2.24) is 5.32 Å². The molecule has 2 rings (SSSR count). The van der Waals surface area contributed by atoms with Gasteiger partial charge in [-0.15, -0.1) is 0 Å². The molecule has 0 amide bonds. The summed E-state index contributed by atoms with van der Waals surface area (Å²) in [6, 6.07) is 4.49. The van der Waals surface area contributed by atoms with Gasteiger partial charge in [0, 0.05) is 12.6 Å². The summed E-state index contributed by atoms with van der Waals surface area (Å²) in [5, 5.41) is 3.54. The average Bonchev–Trinajstić information content (AvgIpc) is 2.96. The van der Waals surface area contributed by atoms with Gasteiger partial charge in [0.1, 0.15) is 12.4 Å². The fraction of sp³-hybridized carbons (Fsp3) is 0.714. The second-order valence-corrected chi connectivity index (χ2v) is 5.02. The molecule has 0 aromatic carbocycles. The van der Waals surface area contributed by atoms with Crippen LogP contribution in [0.25, 0.3) is 0 Å². The lowest BCUT2D eigenvalue weighted by Gasteiger charge is -2.12. The summed E-state index contributed by atoms with van der Waals surface area (Å²) in [5.74, 6) is 1.91. The van der Waals surface area contributed by atoms with Crippen LogP contribution in [0.3, 0.4) is 0 Å². The predicted molar refractivity (Wildman–Crippen MR) is 67.8 cm³/mol. The lowest BCUT2D eigenvalue weighted by Crippen LogP contribution is -2.28. The van der Waals surface area contributed by atoms with Gasteiger partial charge in [0.2, 0.25) is 0 Å². The lowest BCUT2D eigenvalue weighted by atomic mass is 10.1. The molecule has 1 unspecified atom stereocenters. The van der Waals surface area contributed by atoms with Crippen molar-refractivity contribution >= 4 is 0 Å². The minimum absolute atomic E-state index is 0.588. The fourth-order valence-corrected chi connectivity index (χ4v) is 2.03. The van der Waals surface area contributed by atoms with Crippen molar-refractivity contribution in [2.75, 3.05) is 13.2 Å². The minimum atomic E-state index is 0.588. The Morgan fingerprint density at radius 1 is 1.53 bits per heavy atom. The van der Waals surface area contributed by atoms with Gasteiger partial charge in [-0.25, -0.2) is 0 Å². The van der Waals surface area contributed by atoms with Crippen LogP contribution in [0.4, 0.5) is 0 Å². The van der Waals surface area contributed by atoms with Crippen LogP contribution in [-0.2, 0) is 11.3 Å². The molecule has 17 heavy (non-hydrogen) atoms. The zero-order valence-electron chi connectivity index (χ0n) is 10.7. The number of nitrogens with one attached hydrogen (secondary N) is 1. The van der Waals surface area contributed by atoms with E-state index in [4.69, 9.17) is 9.15 Å². The summed E-state index contributed by atoms with van der Waals surface area (Å²) in [6.45, 7) is 4.71. The molecule has 3 heteroatoms. The van der Waals surface area contributed by atoms with Crippen molar-refractivity contribution in [1.29, 1.82) is 0 Å². The van der Waals surface area contributed by atoms with E-state index >= 15 is 0 Å². The van der Waals surface area contributed by atoms with Gasteiger partial charge in [-0.2, -0.15) is 0 Å². The average molecular weight is 237 g/mol. The number of hydrogen-bond donors (Lipinski definition) is 1. The molecule has 0 aliphatic heterocycles. The highest BCUT2D eigenvalue weighted by atomic mass is 16.5. The van der Waals surface area contributed by atoms with Crippen molar-refractivity contribution < 1.29 is 9.15 Å². The van der Waals surface area contributed by atoms with Gasteiger partial charge in [-0.3, -0.25) is 0 Å². The first-order chi connectivity index (χ1) is 8.34. The molecule has 0 spiro atoms. The molecular weight excluding hydrogens is 214 g/mol. The summed E-state index contributed by atoms with van der Waals surface area (Å²) < 4.78 is 10.7. The smallest absolute Gasteiger partial charge is 0.129 e. The van der Waals surface area contributed by atoms with E-state index in [9.17, 15) is 0 Å². The standard InChI is InChI=1S/C14H23NO2/c1-12(10-13-5-6-13)15-7-3-8-16-11-14-4-2-9-17-14/h2,4,9,12-13,15H,3,5-8,10-11H2,1H3. The largest absolute Gasteiger partial charge is 0.467 e. The van der Waals surface area contributed by atoms with Crippen LogP contribution in [0, 0.1) is 5.92 Å². The Kier molecular flexibility index (Phi) is 5.08. The SMILES string of the molecule is CC(CC1CC1)NCCCOCc1ccco1. The molecule has 1 aromatic rings. The zero-order chi connectivity index (χ0) is 11.9. The van der Waals surface area contributed by atoms with Crippen LogP contribution in [0.2, 0.25) is 0 Å². The summed E-state index contributed by atoms with van der Waals surface area (Å²) >= 11 is 0. The predicted octanol–water partition coefficient (Wildman–Crippen LogP) is 2.96. The quantitative estimate of drug-likeness (QED) is 0.670. The topological polar surface area (TPSA) is 34.4 Å². The summed E-state index contributed by atoms with van der Waals surface area (Å²) in [7, 11) is 0. The Balaban J connectivity index is 1.40. The van der Waals surface area contributed by atoms with Crippen LogP contribution >= 0.6 is 0 Å². The van der Waals surface area contributed by atoms with Crippen molar-refractivity contribution in [3.8, 4) is 0 Å². The maximum Gasteiger partial charge on any atom is 0.129 e. The molecule has 1 atom stereocenters. The van der Waals surface area contributed by atoms with E-state index in [2.05, 4.69) is 12.2 Å². The van der Waals surface area contributed by atoms with Crippen molar-refractivity contribution in [3.63, 3.8) is 0 Å². The van der Waals surface area contributed by atoms with Gasteiger partial charge in [0.15, 0.2) is 0 Å². The second kappa shape index (κ2) is 6.82. The molecule has 3 nitrogen and oxygen atoms in total. The first-order valence-corrected chi connectivity index (χ1v) is 6.68. The van der Waals surface area contributed by atoms with E-state index in [0.29, 0.717) is 12.6 Å². The highest BCUT2D eigenvalue weighted by molar-refractivity contribution is 4.95. The molecule has 1 fully saturated rings. The van der Waals surface area contributed by atoms with Crippen molar-refractivity contribution in [2.45, 2.75) is 45.3 Å². The van der Waals surface area contributed by atoms with Gasteiger partial charge in [0.05, 0.1) is 6.26 Å². The van der Waals surface area contributed by atoms with Gasteiger partial charge in [0.25, 0.3) is 0 Å². The number of ether oxygens (including phenoxy) is 1. The first kappa shape index (κ1) is 12.7. The summed E-state index contributed by atoms with van der Waals surface area (Å²) in [6.07, 6.45) is 6.97. The molecule has 1 aliphatic carbocycles. The highest BCUT2D eigenvalue weighted by Gasteiger charge is 2.22. The number of furan rings is 1. The van der Waals surface area contributed by atoms with E-state index in [-0.39, 0.29) is 0 Å². The summed E-state index contributed by atoms with van der Waals surface area (Å²) in [4.78, 5) is 0. The van der Waals surface area contributed by atoms with E-state index in [1.807, 2.05) is 12.1 Å². The van der Waals surface area contributed by atoms with Crippen molar-refractivity contribution in [3.05, 3.63) is 24.2 Å². The molecule has 1 N–H and O–H groups in total. The third kappa shape index (κ3) is 5.37.